The molecular formula is C16H22N2O5S. The van der Waals surface area contributed by atoms with Crippen LogP contribution in [-0.2, 0) is 19.6 Å². The van der Waals surface area contributed by atoms with E-state index in [1.165, 1.54) is 31.2 Å². The maximum absolute atomic E-state index is 12.1. The number of ether oxygens (including phenoxy) is 1. The highest BCUT2D eigenvalue weighted by Gasteiger charge is 2.27. The van der Waals surface area contributed by atoms with Crippen LogP contribution in [0.5, 0.6) is 0 Å². The number of carbonyl (C=O) groups is 2. The van der Waals surface area contributed by atoms with Gasteiger partial charge in [0, 0.05) is 12.6 Å². The Kier molecular flexibility index (Phi) is 5.95. The van der Waals surface area contributed by atoms with E-state index in [-0.39, 0.29) is 22.4 Å². The Morgan fingerprint density at radius 2 is 2.04 bits per heavy atom. The molecule has 1 amide bonds. The van der Waals surface area contributed by atoms with Crippen molar-refractivity contribution in [1.82, 2.24) is 10.0 Å². The summed E-state index contributed by atoms with van der Waals surface area (Å²) in [5.41, 5.74) is 0.0837. The van der Waals surface area contributed by atoms with Crippen LogP contribution in [0.15, 0.2) is 29.2 Å². The van der Waals surface area contributed by atoms with E-state index in [4.69, 9.17) is 4.74 Å². The van der Waals surface area contributed by atoms with Crippen molar-refractivity contribution in [3.05, 3.63) is 29.8 Å². The van der Waals surface area contributed by atoms with Gasteiger partial charge in [-0.25, -0.2) is 17.9 Å². The molecule has 0 unspecified atom stereocenters. The minimum absolute atomic E-state index is 0.0134. The highest BCUT2D eigenvalue weighted by molar-refractivity contribution is 7.89. The summed E-state index contributed by atoms with van der Waals surface area (Å²) in [4.78, 5) is 23.9. The number of hydrogen-bond acceptors (Lipinski definition) is 5. The highest BCUT2D eigenvalue weighted by atomic mass is 32.2. The van der Waals surface area contributed by atoms with E-state index in [0.717, 1.165) is 12.8 Å². The summed E-state index contributed by atoms with van der Waals surface area (Å²) >= 11 is 0. The Hall–Kier alpha value is -1.93. The van der Waals surface area contributed by atoms with Gasteiger partial charge in [0.25, 0.3) is 5.91 Å². The van der Waals surface area contributed by atoms with E-state index >= 15 is 0 Å². The summed E-state index contributed by atoms with van der Waals surface area (Å²) in [6, 6.07) is 5.74. The molecule has 1 aliphatic rings. The summed E-state index contributed by atoms with van der Waals surface area (Å²) < 4.78 is 31.7. The van der Waals surface area contributed by atoms with Crippen LogP contribution in [0, 0.1) is 0 Å². The molecule has 1 atom stereocenters. The van der Waals surface area contributed by atoms with Gasteiger partial charge in [-0.15, -0.1) is 0 Å². The molecule has 24 heavy (non-hydrogen) atoms. The zero-order valence-electron chi connectivity index (χ0n) is 13.7. The van der Waals surface area contributed by atoms with E-state index in [1.54, 1.807) is 0 Å². The largest absolute Gasteiger partial charge is 0.449 e. The SMILES string of the molecule is CCCNS(=O)(=O)c1cccc(C(=O)O[C@@H](C)C(=O)NC2CC2)c1. The molecule has 0 spiro atoms. The minimum atomic E-state index is -3.67. The average molecular weight is 354 g/mol. The molecule has 1 aromatic carbocycles. The molecule has 2 rings (SSSR count). The van der Waals surface area contributed by atoms with Gasteiger partial charge in [-0.2, -0.15) is 0 Å². The Labute approximate surface area is 141 Å². The predicted molar refractivity (Wildman–Crippen MR) is 88.0 cm³/mol. The van der Waals surface area contributed by atoms with Gasteiger partial charge in [0.1, 0.15) is 0 Å². The van der Waals surface area contributed by atoms with Crippen LogP contribution >= 0.6 is 0 Å². The first-order valence-electron chi connectivity index (χ1n) is 7.94. The van der Waals surface area contributed by atoms with E-state index in [1.807, 2.05) is 6.92 Å². The first-order chi connectivity index (χ1) is 11.3. The van der Waals surface area contributed by atoms with E-state index in [9.17, 15) is 18.0 Å². The predicted octanol–water partition coefficient (Wildman–Crippen LogP) is 1.20. The standard InChI is InChI=1S/C16H22N2O5S/c1-3-9-17-24(21,22)14-6-4-5-12(10-14)16(20)23-11(2)15(19)18-13-7-8-13/h4-6,10-11,13,17H,3,7-9H2,1-2H3,(H,18,19)/t11-/m0/s1. The fourth-order valence-electron chi connectivity index (χ4n) is 1.94. The summed E-state index contributed by atoms with van der Waals surface area (Å²) in [5.74, 6) is -1.08. The van der Waals surface area contributed by atoms with Gasteiger partial charge in [0.2, 0.25) is 10.0 Å². The van der Waals surface area contributed by atoms with E-state index < -0.39 is 22.1 Å². The van der Waals surface area contributed by atoms with Crippen molar-refractivity contribution in [2.75, 3.05) is 6.54 Å². The summed E-state index contributed by atoms with van der Waals surface area (Å²) in [7, 11) is -3.67. The normalized spacial score (nSPS) is 15.6. The van der Waals surface area contributed by atoms with Crippen molar-refractivity contribution in [3.63, 3.8) is 0 Å². The summed E-state index contributed by atoms with van der Waals surface area (Å²) in [6.45, 7) is 3.65. The van der Waals surface area contributed by atoms with Gasteiger partial charge in [-0.1, -0.05) is 13.0 Å². The Bertz CT molecular complexity index is 713. The maximum atomic E-state index is 12.1. The van der Waals surface area contributed by atoms with Crippen LogP contribution in [-0.4, -0.2) is 39.0 Å². The molecular weight excluding hydrogens is 332 g/mol. The third-order valence-electron chi connectivity index (χ3n) is 3.50. The Balaban J connectivity index is 2.04. The molecule has 1 fully saturated rings. The maximum Gasteiger partial charge on any atom is 0.338 e. The molecule has 8 heteroatoms. The number of carbonyl (C=O) groups excluding carboxylic acids is 2. The van der Waals surface area contributed by atoms with E-state index in [2.05, 4.69) is 10.0 Å². The lowest BCUT2D eigenvalue weighted by Gasteiger charge is -2.13. The number of esters is 1. The van der Waals surface area contributed by atoms with Crippen LogP contribution in [0.1, 0.15) is 43.5 Å². The lowest BCUT2D eigenvalue weighted by Crippen LogP contribution is -2.37. The molecule has 1 saturated carbocycles. The number of benzene rings is 1. The van der Waals surface area contributed by atoms with Gasteiger partial charge in [-0.05, 0) is 44.4 Å². The molecule has 0 radical (unpaired) electrons. The van der Waals surface area contributed by atoms with Crippen LogP contribution in [0.3, 0.4) is 0 Å². The number of rotatable bonds is 8. The molecule has 1 aromatic rings. The van der Waals surface area contributed by atoms with Gasteiger partial charge < -0.3 is 10.1 Å². The molecule has 0 saturated heterocycles. The van der Waals surface area contributed by atoms with Crippen LogP contribution in [0.4, 0.5) is 0 Å². The third-order valence-corrected chi connectivity index (χ3v) is 4.96. The van der Waals surface area contributed by atoms with Gasteiger partial charge in [-0.3, -0.25) is 4.79 Å². The Morgan fingerprint density at radius 1 is 1.33 bits per heavy atom. The Morgan fingerprint density at radius 3 is 2.67 bits per heavy atom. The monoisotopic (exact) mass is 354 g/mol. The summed E-state index contributed by atoms with van der Waals surface area (Å²) in [5, 5.41) is 2.75. The van der Waals surface area contributed by atoms with Crippen LogP contribution in [0.25, 0.3) is 0 Å². The smallest absolute Gasteiger partial charge is 0.338 e. The minimum Gasteiger partial charge on any atom is -0.449 e. The highest BCUT2D eigenvalue weighted by Crippen LogP contribution is 2.19. The first kappa shape index (κ1) is 18.4. The van der Waals surface area contributed by atoms with Crippen molar-refractivity contribution < 1.29 is 22.7 Å². The van der Waals surface area contributed by atoms with E-state index in [0.29, 0.717) is 13.0 Å². The molecule has 0 aliphatic heterocycles. The zero-order valence-corrected chi connectivity index (χ0v) is 14.6. The van der Waals surface area contributed by atoms with Crippen molar-refractivity contribution in [3.8, 4) is 0 Å². The molecule has 7 nitrogen and oxygen atoms in total. The topological polar surface area (TPSA) is 102 Å². The second-order valence-electron chi connectivity index (χ2n) is 5.76. The van der Waals surface area contributed by atoms with Crippen molar-refractivity contribution in [2.45, 2.75) is 50.2 Å². The fourth-order valence-corrected chi connectivity index (χ4v) is 3.12. The molecule has 132 valence electrons. The van der Waals surface area contributed by atoms with Gasteiger partial charge in [0.15, 0.2) is 6.10 Å². The van der Waals surface area contributed by atoms with Crippen molar-refractivity contribution in [1.29, 1.82) is 0 Å². The molecule has 0 aromatic heterocycles. The van der Waals surface area contributed by atoms with Crippen molar-refractivity contribution in [2.24, 2.45) is 0 Å². The molecule has 2 N–H and O–H groups in total. The lowest BCUT2D eigenvalue weighted by atomic mass is 10.2. The van der Waals surface area contributed by atoms with Crippen LogP contribution in [0.2, 0.25) is 0 Å². The third kappa shape index (κ3) is 5.04. The zero-order chi connectivity index (χ0) is 17.7. The second-order valence-corrected chi connectivity index (χ2v) is 7.52. The molecule has 1 aliphatic carbocycles. The molecule has 0 heterocycles. The lowest BCUT2D eigenvalue weighted by molar-refractivity contribution is -0.129. The number of amides is 1. The van der Waals surface area contributed by atoms with Crippen LogP contribution < -0.4 is 10.0 Å². The second kappa shape index (κ2) is 7.76. The summed E-state index contributed by atoms with van der Waals surface area (Å²) in [6.07, 6.45) is 1.61. The van der Waals surface area contributed by atoms with Gasteiger partial charge >= 0.3 is 5.97 Å². The fraction of sp³-hybridized carbons (Fsp3) is 0.500. The number of sulfonamides is 1. The quantitative estimate of drug-likeness (QED) is 0.683. The average Bonchev–Trinajstić information content (AvgIpc) is 3.37. The first-order valence-corrected chi connectivity index (χ1v) is 9.43. The molecule has 0 bridgehead atoms. The number of nitrogens with one attached hydrogen (secondary N) is 2. The van der Waals surface area contributed by atoms with Crippen molar-refractivity contribution >= 4 is 21.9 Å². The van der Waals surface area contributed by atoms with Gasteiger partial charge in [0.05, 0.1) is 10.5 Å². The number of hydrogen-bond donors (Lipinski definition) is 2.